The van der Waals surface area contributed by atoms with E-state index >= 15 is 0 Å². The molecule has 1 atom stereocenters. The summed E-state index contributed by atoms with van der Waals surface area (Å²) in [7, 11) is 1.81. The fraction of sp³-hybridized carbons (Fsp3) is 0.222. The average Bonchev–Trinajstić information content (AvgIpc) is 2.75. The summed E-state index contributed by atoms with van der Waals surface area (Å²) in [6.45, 7) is 0. The molecule has 0 aliphatic rings. The number of rotatable bonds is 2. The minimum Gasteiger partial charge on any atom is -0.472 e. The van der Waals surface area contributed by atoms with Gasteiger partial charge in [0, 0.05) is 12.6 Å². The first-order valence-corrected chi connectivity index (χ1v) is 4.53. The molecule has 0 aliphatic carbocycles. The Morgan fingerprint density at radius 3 is 2.93 bits per heavy atom. The van der Waals surface area contributed by atoms with Crippen molar-refractivity contribution in [3.05, 3.63) is 41.1 Å². The molecule has 74 valence electrons. The number of hydrogen-bond donors (Lipinski definition) is 1. The zero-order valence-electron chi connectivity index (χ0n) is 7.64. The molecular formula is C9H10ClN3O. The molecule has 0 saturated heterocycles. The van der Waals surface area contributed by atoms with Gasteiger partial charge < -0.3 is 10.2 Å². The van der Waals surface area contributed by atoms with Gasteiger partial charge in [-0.1, -0.05) is 11.6 Å². The van der Waals surface area contributed by atoms with E-state index in [0.29, 0.717) is 5.02 Å². The highest BCUT2D eigenvalue weighted by Crippen LogP contribution is 2.25. The van der Waals surface area contributed by atoms with Gasteiger partial charge in [0.05, 0.1) is 35.5 Å². The molecule has 2 heterocycles. The average molecular weight is 212 g/mol. The summed E-state index contributed by atoms with van der Waals surface area (Å²) in [6.07, 6.45) is 4.77. The van der Waals surface area contributed by atoms with E-state index in [1.165, 1.54) is 0 Å². The topological polar surface area (TPSA) is 57.0 Å². The number of nitrogens with two attached hydrogens (primary N) is 1. The van der Waals surface area contributed by atoms with Gasteiger partial charge in [0.1, 0.15) is 0 Å². The molecule has 14 heavy (non-hydrogen) atoms. The van der Waals surface area contributed by atoms with Gasteiger partial charge in [0.25, 0.3) is 0 Å². The first kappa shape index (κ1) is 9.30. The largest absolute Gasteiger partial charge is 0.472 e. The summed E-state index contributed by atoms with van der Waals surface area (Å²) in [5.41, 5.74) is 7.67. The van der Waals surface area contributed by atoms with Crippen molar-refractivity contribution in [2.75, 3.05) is 0 Å². The van der Waals surface area contributed by atoms with Crippen LogP contribution in [0.2, 0.25) is 5.02 Å². The Bertz CT molecular complexity index is 402. The second-order valence-corrected chi connectivity index (χ2v) is 3.44. The van der Waals surface area contributed by atoms with Gasteiger partial charge >= 0.3 is 0 Å². The number of aryl methyl sites for hydroxylation is 1. The molecule has 0 aromatic carbocycles. The molecule has 0 spiro atoms. The van der Waals surface area contributed by atoms with Crippen LogP contribution in [-0.2, 0) is 7.05 Å². The van der Waals surface area contributed by atoms with Crippen molar-refractivity contribution in [2.45, 2.75) is 6.04 Å². The Balaban J connectivity index is 2.41. The van der Waals surface area contributed by atoms with E-state index in [2.05, 4.69) is 5.10 Å². The predicted molar refractivity (Wildman–Crippen MR) is 53.0 cm³/mol. The number of hydrogen-bond acceptors (Lipinski definition) is 3. The number of furan rings is 1. The van der Waals surface area contributed by atoms with Gasteiger partial charge in [-0.25, -0.2) is 0 Å². The Hall–Kier alpha value is -1.26. The van der Waals surface area contributed by atoms with E-state index in [4.69, 9.17) is 21.8 Å². The van der Waals surface area contributed by atoms with Crippen LogP contribution < -0.4 is 5.73 Å². The van der Waals surface area contributed by atoms with E-state index in [1.54, 1.807) is 30.5 Å². The van der Waals surface area contributed by atoms with Crippen molar-refractivity contribution in [3.63, 3.8) is 0 Å². The molecule has 2 N–H and O–H groups in total. The van der Waals surface area contributed by atoms with Gasteiger partial charge in [-0.3, -0.25) is 4.68 Å². The number of halogens is 1. The van der Waals surface area contributed by atoms with E-state index in [1.807, 2.05) is 6.07 Å². The van der Waals surface area contributed by atoms with Crippen LogP contribution in [-0.4, -0.2) is 9.78 Å². The van der Waals surface area contributed by atoms with Crippen molar-refractivity contribution in [1.82, 2.24) is 9.78 Å². The molecule has 0 fully saturated rings. The second kappa shape index (κ2) is 3.48. The highest BCUT2D eigenvalue weighted by atomic mass is 35.5. The lowest BCUT2D eigenvalue weighted by Gasteiger charge is -2.10. The fourth-order valence-electron chi connectivity index (χ4n) is 1.38. The lowest BCUT2D eigenvalue weighted by molar-refractivity contribution is 0.560. The van der Waals surface area contributed by atoms with Crippen LogP contribution in [0.1, 0.15) is 17.3 Å². The predicted octanol–water partition coefficient (Wildman–Crippen LogP) is 1.71. The van der Waals surface area contributed by atoms with E-state index in [-0.39, 0.29) is 6.04 Å². The quantitative estimate of drug-likeness (QED) is 0.823. The summed E-state index contributed by atoms with van der Waals surface area (Å²) < 4.78 is 6.63. The van der Waals surface area contributed by atoms with Crippen molar-refractivity contribution in [2.24, 2.45) is 12.8 Å². The van der Waals surface area contributed by atoms with E-state index in [0.717, 1.165) is 11.3 Å². The Labute approximate surface area is 86.3 Å². The molecule has 1 unspecified atom stereocenters. The highest BCUT2D eigenvalue weighted by Gasteiger charge is 2.17. The zero-order valence-corrected chi connectivity index (χ0v) is 8.40. The van der Waals surface area contributed by atoms with Crippen LogP contribution in [0.25, 0.3) is 0 Å². The minimum absolute atomic E-state index is 0.297. The Morgan fingerprint density at radius 2 is 2.43 bits per heavy atom. The molecule has 0 bridgehead atoms. The van der Waals surface area contributed by atoms with Crippen LogP contribution in [0.5, 0.6) is 0 Å². The first-order valence-electron chi connectivity index (χ1n) is 4.15. The van der Waals surface area contributed by atoms with Crippen LogP contribution >= 0.6 is 11.6 Å². The smallest absolute Gasteiger partial charge is 0.0954 e. The van der Waals surface area contributed by atoms with E-state index in [9.17, 15) is 0 Å². The van der Waals surface area contributed by atoms with Crippen LogP contribution in [0, 0.1) is 0 Å². The monoisotopic (exact) mass is 211 g/mol. The maximum absolute atomic E-state index is 6.00. The molecule has 0 amide bonds. The second-order valence-electron chi connectivity index (χ2n) is 3.04. The third kappa shape index (κ3) is 1.42. The van der Waals surface area contributed by atoms with Gasteiger partial charge in [-0.15, -0.1) is 0 Å². The standard InChI is InChI=1S/C9H10ClN3O/c1-13-9(7(10)4-12-13)8(11)6-2-3-14-5-6/h2-5,8H,11H2,1H3. The molecule has 0 aliphatic heterocycles. The summed E-state index contributed by atoms with van der Waals surface area (Å²) in [6, 6.07) is 1.52. The Morgan fingerprint density at radius 1 is 1.64 bits per heavy atom. The maximum atomic E-state index is 6.00. The van der Waals surface area contributed by atoms with Crippen molar-refractivity contribution in [3.8, 4) is 0 Å². The molecule has 2 aromatic rings. The lowest BCUT2D eigenvalue weighted by Crippen LogP contribution is -2.15. The summed E-state index contributed by atoms with van der Waals surface area (Å²) in [5, 5.41) is 4.59. The summed E-state index contributed by atoms with van der Waals surface area (Å²) in [4.78, 5) is 0. The molecule has 2 rings (SSSR count). The first-order chi connectivity index (χ1) is 6.70. The summed E-state index contributed by atoms with van der Waals surface area (Å²) >= 11 is 5.96. The van der Waals surface area contributed by atoms with Gasteiger partial charge in [-0.2, -0.15) is 5.10 Å². The lowest BCUT2D eigenvalue weighted by atomic mass is 10.1. The normalized spacial score (nSPS) is 13.1. The minimum atomic E-state index is -0.297. The van der Waals surface area contributed by atoms with Gasteiger partial charge in [-0.05, 0) is 6.07 Å². The summed E-state index contributed by atoms with van der Waals surface area (Å²) in [5.74, 6) is 0. The SMILES string of the molecule is Cn1ncc(Cl)c1C(N)c1ccoc1. The third-order valence-corrected chi connectivity index (χ3v) is 2.43. The van der Waals surface area contributed by atoms with Crippen LogP contribution in [0.4, 0.5) is 0 Å². The molecule has 0 radical (unpaired) electrons. The van der Waals surface area contributed by atoms with Crippen molar-refractivity contribution in [1.29, 1.82) is 0 Å². The number of aromatic nitrogens is 2. The molecule has 5 heteroatoms. The fourth-order valence-corrected chi connectivity index (χ4v) is 1.66. The van der Waals surface area contributed by atoms with Crippen molar-refractivity contribution >= 4 is 11.6 Å². The van der Waals surface area contributed by atoms with Crippen molar-refractivity contribution < 1.29 is 4.42 Å². The van der Waals surface area contributed by atoms with E-state index < -0.39 is 0 Å². The zero-order chi connectivity index (χ0) is 10.1. The highest BCUT2D eigenvalue weighted by molar-refractivity contribution is 6.31. The molecule has 4 nitrogen and oxygen atoms in total. The third-order valence-electron chi connectivity index (χ3n) is 2.13. The maximum Gasteiger partial charge on any atom is 0.0954 e. The Kier molecular flexibility index (Phi) is 2.31. The van der Waals surface area contributed by atoms with Gasteiger partial charge in [0.2, 0.25) is 0 Å². The molecule has 0 saturated carbocycles. The van der Waals surface area contributed by atoms with Gasteiger partial charge in [0.15, 0.2) is 0 Å². The number of nitrogens with zero attached hydrogens (tertiary/aromatic N) is 2. The molecular weight excluding hydrogens is 202 g/mol. The van der Waals surface area contributed by atoms with Crippen LogP contribution in [0.3, 0.4) is 0 Å². The van der Waals surface area contributed by atoms with Crippen LogP contribution in [0.15, 0.2) is 29.2 Å². The molecule has 2 aromatic heterocycles.